The molecule has 0 unspecified atom stereocenters. The Morgan fingerprint density at radius 2 is 2.12 bits per heavy atom. The fraction of sp³-hybridized carbons (Fsp3) is 0.100. The highest BCUT2D eigenvalue weighted by molar-refractivity contribution is 7.89. The summed E-state index contributed by atoms with van der Waals surface area (Å²) in [6, 6.07) is 6.32. The van der Waals surface area contributed by atoms with Crippen LogP contribution in [0.5, 0.6) is 0 Å². The second kappa shape index (κ2) is 4.10. The van der Waals surface area contributed by atoms with Crippen molar-refractivity contribution in [3.8, 4) is 5.69 Å². The predicted molar refractivity (Wildman–Crippen MR) is 67.1 cm³/mol. The van der Waals surface area contributed by atoms with Gasteiger partial charge in [0, 0.05) is 17.6 Å². The fourth-order valence-electron chi connectivity index (χ4n) is 1.52. The van der Waals surface area contributed by atoms with Gasteiger partial charge in [0.05, 0.1) is 4.90 Å². The summed E-state index contributed by atoms with van der Waals surface area (Å²) in [6.45, 7) is 1.87. The van der Waals surface area contributed by atoms with E-state index in [0.717, 1.165) is 5.69 Å². The van der Waals surface area contributed by atoms with Crippen molar-refractivity contribution in [2.24, 2.45) is 5.14 Å². The van der Waals surface area contributed by atoms with Gasteiger partial charge in [0.2, 0.25) is 10.0 Å². The van der Waals surface area contributed by atoms with Gasteiger partial charge in [-0.3, -0.25) is 4.57 Å². The maximum absolute atomic E-state index is 11.2. The number of nitrogens with one attached hydrogen (secondary N) is 1. The highest BCUT2D eigenvalue weighted by Crippen LogP contribution is 2.15. The lowest BCUT2D eigenvalue weighted by Gasteiger charge is -2.04. The maximum atomic E-state index is 11.2. The highest BCUT2D eigenvalue weighted by Gasteiger charge is 2.09. The third kappa shape index (κ3) is 2.46. The molecule has 0 saturated heterocycles. The Morgan fingerprint density at radius 3 is 2.65 bits per heavy atom. The van der Waals surface area contributed by atoms with E-state index in [-0.39, 0.29) is 4.90 Å². The Balaban J connectivity index is 2.62. The number of aromatic amines is 1. The van der Waals surface area contributed by atoms with Crippen LogP contribution in [-0.4, -0.2) is 18.0 Å². The second-order valence-electron chi connectivity index (χ2n) is 3.65. The average molecular weight is 269 g/mol. The lowest BCUT2D eigenvalue weighted by Crippen LogP contribution is -2.12. The van der Waals surface area contributed by atoms with Crippen molar-refractivity contribution in [1.29, 1.82) is 0 Å². The summed E-state index contributed by atoms with van der Waals surface area (Å²) in [6.07, 6.45) is 1.80. The molecule has 0 aliphatic rings. The van der Waals surface area contributed by atoms with Gasteiger partial charge >= 0.3 is 0 Å². The van der Waals surface area contributed by atoms with E-state index in [2.05, 4.69) is 4.98 Å². The van der Waals surface area contributed by atoms with Crippen molar-refractivity contribution in [1.82, 2.24) is 9.55 Å². The summed E-state index contributed by atoms with van der Waals surface area (Å²) < 4.78 is 24.7. The van der Waals surface area contributed by atoms with Gasteiger partial charge in [-0.15, -0.1) is 0 Å². The maximum Gasteiger partial charge on any atom is 0.238 e. The lowest BCUT2D eigenvalue weighted by atomic mass is 10.3. The summed E-state index contributed by atoms with van der Waals surface area (Å²) in [4.78, 5) is 3.03. The Kier molecular flexibility index (Phi) is 2.90. The molecule has 17 heavy (non-hydrogen) atoms. The molecular weight excluding hydrogens is 258 g/mol. The number of benzene rings is 1. The van der Waals surface area contributed by atoms with Crippen LogP contribution >= 0.6 is 12.2 Å². The molecule has 0 radical (unpaired) electrons. The summed E-state index contributed by atoms with van der Waals surface area (Å²) >= 11 is 5.12. The molecule has 90 valence electrons. The van der Waals surface area contributed by atoms with Crippen LogP contribution in [0, 0.1) is 11.7 Å². The van der Waals surface area contributed by atoms with E-state index in [4.69, 9.17) is 17.4 Å². The van der Waals surface area contributed by atoms with Crippen molar-refractivity contribution >= 4 is 22.2 Å². The van der Waals surface area contributed by atoms with Crippen molar-refractivity contribution in [2.45, 2.75) is 11.8 Å². The molecule has 0 atom stereocenters. The van der Waals surface area contributed by atoms with Crippen LogP contribution in [0.25, 0.3) is 5.69 Å². The molecule has 1 aromatic heterocycles. The standard InChI is InChI=1S/C10H11N3O2S2/c1-7-6-13(10(16)12-7)8-3-2-4-9(5-8)17(11,14)15/h2-6H,1H3,(H,12,16)(H2,11,14,15). The number of sulfonamides is 1. The molecule has 1 aromatic carbocycles. The van der Waals surface area contributed by atoms with Gasteiger partial charge in [0.15, 0.2) is 4.77 Å². The number of H-pyrrole nitrogens is 1. The van der Waals surface area contributed by atoms with Crippen LogP contribution in [0.4, 0.5) is 0 Å². The number of nitrogens with two attached hydrogens (primary N) is 1. The van der Waals surface area contributed by atoms with Crippen LogP contribution in [0.2, 0.25) is 0 Å². The zero-order valence-corrected chi connectivity index (χ0v) is 10.7. The van der Waals surface area contributed by atoms with E-state index in [0.29, 0.717) is 10.5 Å². The number of nitrogens with zero attached hydrogens (tertiary/aromatic N) is 1. The van der Waals surface area contributed by atoms with E-state index in [9.17, 15) is 8.42 Å². The number of rotatable bonds is 2. The normalized spacial score (nSPS) is 11.6. The molecule has 3 N–H and O–H groups in total. The number of hydrogen-bond donors (Lipinski definition) is 2. The Labute approximate surface area is 104 Å². The van der Waals surface area contributed by atoms with E-state index in [1.54, 1.807) is 22.9 Å². The molecule has 0 spiro atoms. The molecule has 2 rings (SSSR count). The van der Waals surface area contributed by atoms with Crippen LogP contribution in [0.1, 0.15) is 5.69 Å². The summed E-state index contributed by atoms with van der Waals surface area (Å²) in [7, 11) is -3.70. The number of aryl methyl sites for hydroxylation is 1. The molecule has 5 nitrogen and oxygen atoms in total. The van der Waals surface area contributed by atoms with E-state index >= 15 is 0 Å². The summed E-state index contributed by atoms with van der Waals surface area (Å²) in [5, 5.41) is 5.08. The second-order valence-corrected chi connectivity index (χ2v) is 5.60. The number of imidazole rings is 1. The SMILES string of the molecule is Cc1cn(-c2cccc(S(N)(=O)=O)c2)c(=S)[nH]1. The van der Waals surface area contributed by atoms with Gasteiger partial charge in [0.1, 0.15) is 0 Å². The first kappa shape index (κ1) is 12.0. The quantitative estimate of drug-likeness (QED) is 0.810. The summed E-state index contributed by atoms with van der Waals surface area (Å²) in [5.41, 5.74) is 1.56. The monoisotopic (exact) mass is 269 g/mol. The fourth-order valence-corrected chi connectivity index (χ4v) is 2.39. The van der Waals surface area contributed by atoms with Crippen LogP contribution in [0.3, 0.4) is 0 Å². The summed E-state index contributed by atoms with van der Waals surface area (Å²) in [5.74, 6) is 0. The van der Waals surface area contributed by atoms with Gasteiger partial charge in [0.25, 0.3) is 0 Å². The Morgan fingerprint density at radius 1 is 1.41 bits per heavy atom. The minimum atomic E-state index is -3.70. The highest BCUT2D eigenvalue weighted by atomic mass is 32.2. The molecule has 1 heterocycles. The molecule has 0 aliphatic heterocycles. The lowest BCUT2D eigenvalue weighted by molar-refractivity contribution is 0.597. The first-order valence-corrected chi connectivity index (χ1v) is 6.75. The molecule has 0 bridgehead atoms. The molecule has 0 saturated carbocycles. The van der Waals surface area contributed by atoms with Crippen LogP contribution in [-0.2, 0) is 10.0 Å². The molecule has 0 aliphatic carbocycles. The van der Waals surface area contributed by atoms with E-state index < -0.39 is 10.0 Å². The minimum Gasteiger partial charge on any atom is -0.335 e. The van der Waals surface area contributed by atoms with Gasteiger partial charge in [-0.2, -0.15) is 0 Å². The van der Waals surface area contributed by atoms with Gasteiger partial charge in [-0.25, -0.2) is 13.6 Å². The van der Waals surface area contributed by atoms with Crippen molar-refractivity contribution in [3.63, 3.8) is 0 Å². The van der Waals surface area contributed by atoms with Crippen LogP contribution in [0.15, 0.2) is 35.4 Å². The predicted octanol–water partition coefficient (Wildman–Crippen LogP) is 1.49. The molecule has 7 heteroatoms. The Hall–Kier alpha value is -1.44. The molecule has 0 amide bonds. The van der Waals surface area contributed by atoms with Gasteiger partial charge in [-0.05, 0) is 37.3 Å². The number of aromatic nitrogens is 2. The Bertz CT molecular complexity index is 713. The molecule has 2 aromatic rings. The zero-order valence-electron chi connectivity index (χ0n) is 9.04. The van der Waals surface area contributed by atoms with Gasteiger partial charge < -0.3 is 4.98 Å². The average Bonchev–Trinajstić information content (AvgIpc) is 2.57. The first-order chi connectivity index (χ1) is 7.88. The van der Waals surface area contributed by atoms with Gasteiger partial charge in [-0.1, -0.05) is 6.07 Å². The van der Waals surface area contributed by atoms with Crippen molar-refractivity contribution in [2.75, 3.05) is 0 Å². The first-order valence-electron chi connectivity index (χ1n) is 4.79. The van der Waals surface area contributed by atoms with E-state index in [1.807, 2.05) is 6.92 Å². The van der Waals surface area contributed by atoms with E-state index in [1.165, 1.54) is 12.1 Å². The number of hydrogen-bond acceptors (Lipinski definition) is 3. The zero-order chi connectivity index (χ0) is 12.6. The third-order valence-electron chi connectivity index (χ3n) is 2.27. The largest absolute Gasteiger partial charge is 0.335 e. The van der Waals surface area contributed by atoms with Crippen LogP contribution < -0.4 is 5.14 Å². The molecular formula is C10H11N3O2S2. The smallest absolute Gasteiger partial charge is 0.238 e. The third-order valence-corrected chi connectivity index (χ3v) is 3.48. The minimum absolute atomic E-state index is 0.0655. The number of primary sulfonamides is 1. The topological polar surface area (TPSA) is 80.9 Å². The van der Waals surface area contributed by atoms with Crippen molar-refractivity contribution < 1.29 is 8.42 Å². The molecule has 0 fully saturated rings. The van der Waals surface area contributed by atoms with Crippen molar-refractivity contribution in [3.05, 3.63) is 40.9 Å².